The molecule has 0 radical (unpaired) electrons. The van der Waals surface area contributed by atoms with Gasteiger partial charge in [-0.1, -0.05) is 34.9 Å². The minimum absolute atomic E-state index is 0.313. The molecule has 0 aliphatic heterocycles. The quantitative estimate of drug-likeness (QED) is 0.872. The van der Waals surface area contributed by atoms with Crippen LogP contribution in [0.5, 0.6) is 0 Å². The molecule has 1 unspecified atom stereocenters. The Kier molecular flexibility index (Phi) is 5.25. The lowest BCUT2D eigenvalue weighted by molar-refractivity contribution is 0.355. The molecule has 2 aromatic rings. The molecule has 1 aromatic heterocycles. The molecule has 0 amide bonds. The fraction of sp³-hybridized carbons (Fsp3) is 0.429. The van der Waals surface area contributed by atoms with Crippen LogP contribution < -0.4 is 5.32 Å². The predicted molar refractivity (Wildman–Crippen MR) is 78.9 cm³/mol. The Hall–Kier alpha value is -1.27. The lowest BCUT2D eigenvalue weighted by Crippen LogP contribution is -2.30. The topological polar surface area (TPSA) is 51.0 Å². The van der Waals surface area contributed by atoms with Crippen LogP contribution in [0.4, 0.5) is 4.39 Å². The fourth-order valence-electron chi connectivity index (χ4n) is 2.00. The van der Waals surface area contributed by atoms with Crippen LogP contribution in [0.3, 0.4) is 0 Å². The van der Waals surface area contributed by atoms with Crippen LogP contribution in [0.15, 0.2) is 27.2 Å². The van der Waals surface area contributed by atoms with Gasteiger partial charge in [-0.25, -0.2) is 4.39 Å². The maximum Gasteiger partial charge on any atom is 0.228 e. The van der Waals surface area contributed by atoms with Crippen molar-refractivity contribution in [3.63, 3.8) is 0 Å². The van der Waals surface area contributed by atoms with Crippen molar-refractivity contribution >= 4 is 15.9 Å². The van der Waals surface area contributed by atoms with Gasteiger partial charge in [0.2, 0.25) is 11.7 Å². The number of hydrogen-bond donors (Lipinski definition) is 1. The first kappa shape index (κ1) is 15.1. The second-order valence-electron chi connectivity index (χ2n) is 4.54. The van der Waals surface area contributed by atoms with Crippen molar-refractivity contribution in [2.45, 2.75) is 32.7 Å². The molecule has 1 N–H and O–H groups in total. The molecule has 0 fully saturated rings. The molecular formula is C14H17BrFN3O. The molecule has 0 bridgehead atoms. The summed E-state index contributed by atoms with van der Waals surface area (Å²) in [5.41, 5.74) is 0.600. The van der Waals surface area contributed by atoms with Crippen molar-refractivity contribution in [2.24, 2.45) is 0 Å². The first-order chi connectivity index (χ1) is 9.62. The Morgan fingerprint density at radius 2 is 2.15 bits per heavy atom. The molecular weight excluding hydrogens is 325 g/mol. The Balaban J connectivity index is 2.15. The molecule has 0 aliphatic rings. The summed E-state index contributed by atoms with van der Waals surface area (Å²) in [7, 11) is 0. The summed E-state index contributed by atoms with van der Waals surface area (Å²) in [5.74, 6) is 0.638. The van der Waals surface area contributed by atoms with E-state index in [0.29, 0.717) is 34.2 Å². The molecule has 0 spiro atoms. The fourth-order valence-corrected chi connectivity index (χ4v) is 2.46. The van der Waals surface area contributed by atoms with Crippen LogP contribution in [-0.2, 0) is 6.42 Å². The van der Waals surface area contributed by atoms with Crippen molar-refractivity contribution in [1.82, 2.24) is 15.5 Å². The van der Waals surface area contributed by atoms with E-state index < -0.39 is 0 Å². The monoisotopic (exact) mass is 341 g/mol. The van der Waals surface area contributed by atoms with E-state index >= 15 is 0 Å². The summed E-state index contributed by atoms with van der Waals surface area (Å²) in [4.78, 5) is 4.33. The third kappa shape index (κ3) is 3.86. The maximum atomic E-state index is 13.4. The second kappa shape index (κ2) is 6.95. The van der Waals surface area contributed by atoms with E-state index in [2.05, 4.69) is 45.2 Å². The van der Waals surface area contributed by atoms with Gasteiger partial charge >= 0.3 is 0 Å². The normalized spacial score (nSPS) is 12.6. The van der Waals surface area contributed by atoms with E-state index in [1.165, 1.54) is 12.1 Å². The van der Waals surface area contributed by atoms with Crippen LogP contribution >= 0.6 is 15.9 Å². The smallest absolute Gasteiger partial charge is 0.228 e. The minimum Gasteiger partial charge on any atom is -0.339 e. The molecule has 1 atom stereocenters. The Bertz CT molecular complexity index is 553. The van der Waals surface area contributed by atoms with Crippen molar-refractivity contribution in [3.05, 3.63) is 34.4 Å². The molecule has 0 saturated carbocycles. The Morgan fingerprint density at radius 3 is 2.80 bits per heavy atom. The van der Waals surface area contributed by atoms with E-state index in [4.69, 9.17) is 4.52 Å². The average molecular weight is 342 g/mol. The molecule has 6 heteroatoms. The zero-order valence-electron chi connectivity index (χ0n) is 11.5. The highest BCUT2D eigenvalue weighted by molar-refractivity contribution is 9.10. The van der Waals surface area contributed by atoms with Crippen LogP contribution in [0.2, 0.25) is 0 Å². The number of benzene rings is 1. The molecule has 20 heavy (non-hydrogen) atoms. The van der Waals surface area contributed by atoms with Crippen molar-refractivity contribution in [1.29, 1.82) is 0 Å². The largest absolute Gasteiger partial charge is 0.339 e. The standard InChI is InChI=1S/C14H17BrFN3O/c1-3-12(17-4-2)8-13-18-14(19-20-13)9-5-10(15)7-11(16)6-9/h5-7,12,17H,3-4,8H2,1-2H3. The van der Waals surface area contributed by atoms with Gasteiger partial charge in [0.15, 0.2) is 0 Å². The number of likely N-dealkylation sites (N-methyl/N-ethyl adjacent to an activating group) is 1. The number of aromatic nitrogens is 2. The van der Waals surface area contributed by atoms with Crippen LogP contribution in [0.25, 0.3) is 11.4 Å². The lowest BCUT2D eigenvalue weighted by atomic mass is 10.1. The van der Waals surface area contributed by atoms with Gasteiger partial charge in [0.05, 0.1) is 0 Å². The molecule has 1 heterocycles. The van der Waals surface area contributed by atoms with Gasteiger partial charge in [-0.3, -0.25) is 0 Å². The summed E-state index contributed by atoms with van der Waals surface area (Å²) >= 11 is 3.25. The van der Waals surface area contributed by atoms with Crippen molar-refractivity contribution in [2.75, 3.05) is 6.54 Å². The third-order valence-electron chi connectivity index (χ3n) is 3.00. The Morgan fingerprint density at radius 1 is 1.35 bits per heavy atom. The predicted octanol–water partition coefficient (Wildman–Crippen LogP) is 3.57. The molecule has 1 aromatic carbocycles. The first-order valence-corrected chi connectivity index (χ1v) is 7.44. The Labute approximate surface area is 125 Å². The summed E-state index contributed by atoms with van der Waals surface area (Å²) in [6, 6.07) is 4.86. The van der Waals surface area contributed by atoms with Crippen LogP contribution in [-0.4, -0.2) is 22.7 Å². The number of halogens is 2. The zero-order valence-corrected chi connectivity index (χ0v) is 13.1. The molecule has 108 valence electrons. The number of rotatable bonds is 6. The highest BCUT2D eigenvalue weighted by Gasteiger charge is 2.14. The number of nitrogens with one attached hydrogen (secondary N) is 1. The number of nitrogens with zero attached hydrogens (tertiary/aromatic N) is 2. The molecule has 0 saturated heterocycles. The van der Waals surface area contributed by atoms with Crippen molar-refractivity contribution in [3.8, 4) is 11.4 Å². The van der Waals surface area contributed by atoms with Crippen LogP contribution in [0, 0.1) is 5.82 Å². The minimum atomic E-state index is -0.334. The summed E-state index contributed by atoms with van der Waals surface area (Å²) < 4.78 is 19.2. The van der Waals surface area contributed by atoms with E-state index in [-0.39, 0.29) is 5.82 Å². The van der Waals surface area contributed by atoms with Crippen molar-refractivity contribution < 1.29 is 8.91 Å². The SMILES string of the molecule is CCNC(CC)Cc1nc(-c2cc(F)cc(Br)c2)no1. The first-order valence-electron chi connectivity index (χ1n) is 6.64. The van der Waals surface area contributed by atoms with Crippen LogP contribution in [0.1, 0.15) is 26.2 Å². The van der Waals surface area contributed by atoms with Gasteiger partial charge in [-0.2, -0.15) is 4.98 Å². The number of hydrogen-bond acceptors (Lipinski definition) is 4. The molecule has 2 rings (SSSR count). The average Bonchev–Trinajstić information content (AvgIpc) is 2.85. The van der Waals surface area contributed by atoms with Gasteiger partial charge in [0, 0.05) is 22.5 Å². The summed E-state index contributed by atoms with van der Waals surface area (Å²) in [5, 5.41) is 7.27. The lowest BCUT2D eigenvalue weighted by Gasteiger charge is -2.12. The van der Waals surface area contributed by atoms with Gasteiger partial charge in [-0.05, 0) is 31.2 Å². The van der Waals surface area contributed by atoms with E-state index in [1.807, 2.05) is 0 Å². The maximum absolute atomic E-state index is 13.4. The second-order valence-corrected chi connectivity index (χ2v) is 5.45. The van der Waals surface area contributed by atoms with E-state index in [9.17, 15) is 4.39 Å². The van der Waals surface area contributed by atoms with E-state index in [1.54, 1.807) is 6.07 Å². The van der Waals surface area contributed by atoms with E-state index in [0.717, 1.165) is 13.0 Å². The molecule has 0 aliphatic carbocycles. The summed E-state index contributed by atoms with van der Waals surface area (Å²) in [6.07, 6.45) is 1.66. The molecule has 4 nitrogen and oxygen atoms in total. The van der Waals surface area contributed by atoms with Gasteiger partial charge in [0.25, 0.3) is 0 Å². The van der Waals surface area contributed by atoms with Gasteiger partial charge in [-0.15, -0.1) is 0 Å². The highest BCUT2D eigenvalue weighted by atomic mass is 79.9. The highest BCUT2D eigenvalue weighted by Crippen LogP contribution is 2.22. The van der Waals surface area contributed by atoms with Gasteiger partial charge < -0.3 is 9.84 Å². The summed E-state index contributed by atoms with van der Waals surface area (Å²) in [6.45, 7) is 5.07. The third-order valence-corrected chi connectivity index (χ3v) is 3.45. The zero-order chi connectivity index (χ0) is 14.5. The van der Waals surface area contributed by atoms with Gasteiger partial charge in [0.1, 0.15) is 5.82 Å².